The lowest BCUT2D eigenvalue weighted by Gasteiger charge is -2.03. The van der Waals surface area contributed by atoms with E-state index in [0.717, 1.165) is 0 Å². The van der Waals surface area contributed by atoms with Crippen LogP contribution in [0.15, 0.2) is 22.7 Å². The molecule has 98 valence electrons. The van der Waals surface area contributed by atoms with Gasteiger partial charge in [0.15, 0.2) is 0 Å². The average Bonchev–Trinajstić information content (AvgIpc) is 2.87. The predicted molar refractivity (Wildman–Crippen MR) is 69.5 cm³/mol. The van der Waals surface area contributed by atoms with Gasteiger partial charge in [-0.25, -0.2) is 9.37 Å². The van der Waals surface area contributed by atoms with E-state index < -0.39 is 5.82 Å². The molecule has 0 aliphatic rings. The molecular weight excluding hydrogens is 271 g/mol. The van der Waals surface area contributed by atoms with Crippen LogP contribution < -0.4 is 5.73 Å². The highest BCUT2D eigenvalue weighted by Gasteiger charge is 2.13. The SMILES string of the molecule is Cc1cc(Cn2c(N)nc3cc(Cl)c(F)cc32)no1. The van der Waals surface area contributed by atoms with E-state index in [0.29, 0.717) is 29.0 Å². The van der Waals surface area contributed by atoms with E-state index in [1.807, 2.05) is 0 Å². The first-order chi connectivity index (χ1) is 9.04. The summed E-state index contributed by atoms with van der Waals surface area (Å²) in [5.41, 5.74) is 7.64. The topological polar surface area (TPSA) is 69.9 Å². The quantitative estimate of drug-likeness (QED) is 0.783. The standard InChI is InChI=1S/C12H10ClFN4O/c1-6-2-7(17-19-6)5-18-11-4-9(14)8(13)3-10(11)16-12(18)15/h2-4H,5H2,1H3,(H2,15,16). The van der Waals surface area contributed by atoms with E-state index in [1.54, 1.807) is 17.6 Å². The van der Waals surface area contributed by atoms with Crippen LogP contribution >= 0.6 is 11.6 Å². The maximum Gasteiger partial charge on any atom is 0.201 e. The minimum absolute atomic E-state index is 0.0226. The highest BCUT2D eigenvalue weighted by molar-refractivity contribution is 6.31. The summed E-state index contributed by atoms with van der Waals surface area (Å²) < 4.78 is 20.2. The molecule has 0 amide bonds. The number of aryl methyl sites for hydroxylation is 1. The Hall–Kier alpha value is -2.08. The number of anilines is 1. The van der Waals surface area contributed by atoms with Crippen LogP contribution in [0.25, 0.3) is 11.0 Å². The number of nitrogens with two attached hydrogens (primary N) is 1. The van der Waals surface area contributed by atoms with Crippen LogP contribution in [-0.4, -0.2) is 14.7 Å². The largest absolute Gasteiger partial charge is 0.369 e. The zero-order valence-corrected chi connectivity index (χ0v) is 10.8. The summed E-state index contributed by atoms with van der Waals surface area (Å²) in [7, 11) is 0. The molecule has 0 aliphatic carbocycles. The first-order valence-corrected chi connectivity index (χ1v) is 5.95. The van der Waals surface area contributed by atoms with E-state index in [1.165, 1.54) is 12.1 Å². The summed E-state index contributed by atoms with van der Waals surface area (Å²) >= 11 is 5.72. The molecule has 1 aromatic carbocycles. The van der Waals surface area contributed by atoms with Crippen LogP contribution in [0.3, 0.4) is 0 Å². The molecule has 7 heteroatoms. The second kappa shape index (κ2) is 4.24. The average molecular weight is 281 g/mol. The van der Waals surface area contributed by atoms with Crippen molar-refractivity contribution in [1.82, 2.24) is 14.7 Å². The first-order valence-electron chi connectivity index (χ1n) is 5.57. The van der Waals surface area contributed by atoms with Crippen molar-refractivity contribution in [3.05, 3.63) is 40.5 Å². The molecule has 0 atom stereocenters. The summed E-state index contributed by atoms with van der Waals surface area (Å²) in [4.78, 5) is 4.15. The Bertz CT molecular complexity index is 765. The highest BCUT2D eigenvalue weighted by atomic mass is 35.5. The summed E-state index contributed by atoms with van der Waals surface area (Å²) in [5, 5.41) is 3.90. The second-order valence-electron chi connectivity index (χ2n) is 4.24. The number of halogens is 2. The maximum absolute atomic E-state index is 13.5. The van der Waals surface area contributed by atoms with Gasteiger partial charge in [0.1, 0.15) is 17.3 Å². The molecule has 0 radical (unpaired) electrons. The minimum atomic E-state index is -0.508. The molecule has 2 heterocycles. The lowest BCUT2D eigenvalue weighted by molar-refractivity contribution is 0.389. The van der Waals surface area contributed by atoms with E-state index in [-0.39, 0.29) is 11.0 Å². The Morgan fingerprint density at radius 3 is 2.89 bits per heavy atom. The van der Waals surface area contributed by atoms with Crippen molar-refractivity contribution in [2.75, 3.05) is 5.73 Å². The van der Waals surface area contributed by atoms with Crippen LogP contribution in [0.4, 0.5) is 10.3 Å². The summed E-state index contributed by atoms with van der Waals surface area (Å²) in [6, 6.07) is 4.55. The van der Waals surface area contributed by atoms with Crippen molar-refractivity contribution >= 4 is 28.6 Å². The van der Waals surface area contributed by atoms with Gasteiger partial charge in [-0.3, -0.25) is 0 Å². The molecule has 5 nitrogen and oxygen atoms in total. The predicted octanol–water partition coefficient (Wildman–Crippen LogP) is 2.76. The van der Waals surface area contributed by atoms with Gasteiger partial charge in [-0.1, -0.05) is 16.8 Å². The van der Waals surface area contributed by atoms with Crippen LogP contribution in [0.5, 0.6) is 0 Å². The summed E-state index contributed by atoms with van der Waals surface area (Å²) in [6.07, 6.45) is 0. The van der Waals surface area contributed by atoms with Gasteiger partial charge in [-0.15, -0.1) is 0 Å². The fraction of sp³-hybridized carbons (Fsp3) is 0.167. The Kier molecular flexibility index (Phi) is 2.67. The fourth-order valence-corrected chi connectivity index (χ4v) is 2.12. The molecule has 0 fully saturated rings. The maximum atomic E-state index is 13.5. The summed E-state index contributed by atoms with van der Waals surface area (Å²) in [6.45, 7) is 2.16. The molecule has 3 aromatic rings. The third kappa shape index (κ3) is 2.04. The Morgan fingerprint density at radius 1 is 1.42 bits per heavy atom. The molecular formula is C12H10ClFN4O. The lowest BCUT2D eigenvalue weighted by atomic mass is 10.3. The number of hydrogen-bond donors (Lipinski definition) is 1. The first kappa shape index (κ1) is 12.0. The number of rotatable bonds is 2. The molecule has 19 heavy (non-hydrogen) atoms. The van der Waals surface area contributed by atoms with Crippen molar-refractivity contribution in [1.29, 1.82) is 0 Å². The third-order valence-electron chi connectivity index (χ3n) is 2.82. The van der Waals surface area contributed by atoms with Crippen LogP contribution in [0.1, 0.15) is 11.5 Å². The molecule has 0 spiro atoms. The monoisotopic (exact) mass is 280 g/mol. The number of benzene rings is 1. The number of fused-ring (bicyclic) bond motifs is 1. The molecule has 0 saturated heterocycles. The fourth-order valence-electron chi connectivity index (χ4n) is 1.96. The van der Waals surface area contributed by atoms with Gasteiger partial charge in [0.2, 0.25) is 5.95 Å². The van der Waals surface area contributed by atoms with Gasteiger partial charge >= 0.3 is 0 Å². The van der Waals surface area contributed by atoms with Gasteiger partial charge < -0.3 is 14.8 Å². The molecule has 0 aliphatic heterocycles. The van der Waals surface area contributed by atoms with Gasteiger partial charge in [-0.2, -0.15) is 0 Å². The third-order valence-corrected chi connectivity index (χ3v) is 3.11. The van der Waals surface area contributed by atoms with Gasteiger partial charge in [0, 0.05) is 12.1 Å². The van der Waals surface area contributed by atoms with E-state index in [9.17, 15) is 4.39 Å². The van der Waals surface area contributed by atoms with Crippen LogP contribution in [0, 0.1) is 12.7 Å². The molecule has 0 bridgehead atoms. The van der Waals surface area contributed by atoms with Crippen LogP contribution in [0.2, 0.25) is 5.02 Å². The number of nitrogens with zero attached hydrogens (tertiary/aromatic N) is 3. The molecule has 3 rings (SSSR count). The molecule has 0 saturated carbocycles. The minimum Gasteiger partial charge on any atom is -0.369 e. The van der Waals surface area contributed by atoms with Crippen molar-refractivity contribution < 1.29 is 8.91 Å². The highest BCUT2D eigenvalue weighted by Crippen LogP contribution is 2.25. The number of nitrogen functional groups attached to an aromatic ring is 1. The number of aromatic nitrogens is 3. The number of imidazole rings is 1. The van der Waals surface area contributed by atoms with Gasteiger partial charge in [0.05, 0.1) is 22.6 Å². The van der Waals surface area contributed by atoms with Crippen LogP contribution in [-0.2, 0) is 6.54 Å². The normalized spacial score (nSPS) is 11.3. The summed E-state index contributed by atoms with van der Waals surface area (Å²) in [5.74, 6) is 0.469. The Balaban J connectivity index is 2.12. The Labute approximate surface area is 112 Å². The van der Waals surface area contributed by atoms with Crippen molar-refractivity contribution in [2.45, 2.75) is 13.5 Å². The van der Waals surface area contributed by atoms with Gasteiger partial charge in [0.25, 0.3) is 0 Å². The smallest absolute Gasteiger partial charge is 0.201 e. The molecule has 2 aromatic heterocycles. The lowest BCUT2D eigenvalue weighted by Crippen LogP contribution is -2.04. The van der Waals surface area contributed by atoms with Crippen molar-refractivity contribution in [3.8, 4) is 0 Å². The molecule has 0 unspecified atom stereocenters. The van der Waals surface area contributed by atoms with E-state index in [2.05, 4.69) is 10.1 Å². The van der Waals surface area contributed by atoms with E-state index in [4.69, 9.17) is 21.9 Å². The zero-order valence-electron chi connectivity index (χ0n) is 10.0. The van der Waals surface area contributed by atoms with E-state index >= 15 is 0 Å². The van der Waals surface area contributed by atoms with Crippen molar-refractivity contribution in [3.63, 3.8) is 0 Å². The Morgan fingerprint density at radius 2 is 2.21 bits per heavy atom. The molecule has 2 N–H and O–H groups in total. The second-order valence-corrected chi connectivity index (χ2v) is 4.65. The zero-order chi connectivity index (χ0) is 13.6. The number of hydrogen-bond acceptors (Lipinski definition) is 4. The van der Waals surface area contributed by atoms with Gasteiger partial charge in [-0.05, 0) is 13.0 Å². The van der Waals surface area contributed by atoms with Crippen molar-refractivity contribution in [2.24, 2.45) is 0 Å².